The summed E-state index contributed by atoms with van der Waals surface area (Å²) in [5, 5.41) is 3.02. The molecule has 0 unspecified atom stereocenters. The molecule has 0 spiro atoms. The van der Waals surface area contributed by atoms with Gasteiger partial charge in [0.15, 0.2) is 11.9 Å². The van der Waals surface area contributed by atoms with Crippen LogP contribution in [0.5, 0.6) is 0 Å². The third kappa shape index (κ3) is 3.23. The van der Waals surface area contributed by atoms with Crippen LogP contribution in [0.1, 0.15) is 23.7 Å². The van der Waals surface area contributed by atoms with E-state index in [-0.39, 0.29) is 5.91 Å². The standard InChI is InChI=1S/C17H20N2O/c1-4-15-10-5-6-11-19(15)12-16(20)18-17-13(2)8-7-9-14(17)3/h5-11H,4,12H2,1-3H3/p+1. The van der Waals surface area contributed by atoms with Crippen molar-refractivity contribution in [3.63, 3.8) is 0 Å². The Kier molecular flexibility index (Phi) is 4.51. The number of carbonyl (C=O) groups excluding carboxylic acids is 1. The molecule has 0 aliphatic heterocycles. The third-order valence-corrected chi connectivity index (χ3v) is 3.46. The molecule has 2 rings (SSSR count). The second-order valence-corrected chi connectivity index (χ2v) is 4.99. The van der Waals surface area contributed by atoms with Gasteiger partial charge in [-0.25, -0.2) is 0 Å². The van der Waals surface area contributed by atoms with Gasteiger partial charge in [0.25, 0.3) is 5.91 Å². The van der Waals surface area contributed by atoms with Gasteiger partial charge in [-0.3, -0.25) is 4.79 Å². The number of aromatic nitrogens is 1. The Balaban J connectivity index is 2.13. The maximum Gasteiger partial charge on any atom is 0.290 e. The maximum absolute atomic E-state index is 12.2. The van der Waals surface area contributed by atoms with Gasteiger partial charge >= 0.3 is 0 Å². The highest BCUT2D eigenvalue weighted by molar-refractivity contribution is 5.91. The Bertz CT molecular complexity index is 600. The monoisotopic (exact) mass is 269 g/mol. The lowest BCUT2D eigenvalue weighted by Crippen LogP contribution is -2.43. The minimum atomic E-state index is 0.00769. The Morgan fingerprint density at radius 2 is 1.80 bits per heavy atom. The van der Waals surface area contributed by atoms with Gasteiger partial charge in [-0.1, -0.05) is 31.2 Å². The van der Waals surface area contributed by atoms with E-state index in [0.717, 1.165) is 28.9 Å². The SMILES string of the molecule is CCc1cccc[n+]1CC(=O)Nc1c(C)cccc1C. The lowest BCUT2D eigenvalue weighted by atomic mass is 10.1. The van der Waals surface area contributed by atoms with E-state index in [9.17, 15) is 4.79 Å². The summed E-state index contributed by atoms with van der Waals surface area (Å²) in [6.07, 6.45) is 2.86. The van der Waals surface area contributed by atoms with Crippen LogP contribution in [0.15, 0.2) is 42.6 Å². The number of anilines is 1. The number of aryl methyl sites for hydroxylation is 3. The van der Waals surface area contributed by atoms with Crippen molar-refractivity contribution in [2.24, 2.45) is 0 Å². The number of hydrogen-bond acceptors (Lipinski definition) is 1. The first-order chi connectivity index (χ1) is 9.61. The van der Waals surface area contributed by atoms with Crippen LogP contribution in [0, 0.1) is 13.8 Å². The zero-order valence-corrected chi connectivity index (χ0v) is 12.3. The molecule has 0 radical (unpaired) electrons. The smallest absolute Gasteiger partial charge is 0.290 e. The average Bonchev–Trinajstić information content (AvgIpc) is 2.44. The number of rotatable bonds is 4. The number of benzene rings is 1. The van der Waals surface area contributed by atoms with E-state index in [1.165, 1.54) is 0 Å². The molecular formula is C17H21N2O+. The van der Waals surface area contributed by atoms with Crippen LogP contribution in [0.4, 0.5) is 5.69 Å². The zero-order valence-electron chi connectivity index (χ0n) is 12.3. The van der Waals surface area contributed by atoms with E-state index in [2.05, 4.69) is 12.2 Å². The van der Waals surface area contributed by atoms with Crippen molar-refractivity contribution < 1.29 is 9.36 Å². The first-order valence-corrected chi connectivity index (χ1v) is 6.95. The van der Waals surface area contributed by atoms with Crippen molar-refractivity contribution in [2.45, 2.75) is 33.7 Å². The topological polar surface area (TPSA) is 33.0 Å². The molecule has 1 aromatic carbocycles. The molecule has 2 aromatic rings. The van der Waals surface area contributed by atoms with Gasteiger partial charge in [-0.15, -0.1) is 0 Å². The first-order valence-electron chi connectivity index (χ1n) is 6.95. The molecule has 0 saturated heterocycles. The molecule has 1 aromatic heterocycles. The molecule has 1 heterocycles. The molecule has 20 heavy (non-hydrogen) atoms. The van der Waals surface area contributed by atoms with Gasteiger partial charge in [0.05, 0.1) is 0 Å². The Hall–Kier alpha value is -2.16. The van der Waals surface area contributed by atoms with Crippen molar-refractivity contribution in [2.75, 3.05) is 5.32 Å². The number of hydrogen-bond donors (Lipinski definition) is 1. The molecule has 1 N–H and O–H groups in total. The molecule has 0 aliphatic rings. The summed E-state index contributed by atoms with van der Waals surface area (Å²) in [5.74, 6) is 0.00769. The lowest BCUT2D eigenvalue weighted by Gasteiger charge is -2.10. The fourth-order valence-corrected chi connectivity index (χ4v) is 2.33. The lowest BCUT2D eigenvalue weighted by molar-refractivity contribution is -0.691. The van der Waals surface area contributed by atoms with Crippen LogP contribution in [0.3, 0.4) is 0 Å². The fourth-order valence-electron chi connectivity index (χ4n) is 2.33. The number of para-hydroxylation sites is 1. The predicted octanol–water partition coefficient (Wildman–Crippen LogP) is 2.79. The molecule has 3 nitrogen and oxygen atoms in total. The fraction of sp³-hybridized carbons (Fsp3) is 0.294. The molecule has 0 atom stereocenters. The minimum absolute atomic E-state index is 0.00769. The van der Waals surface area contributed by atoms with Crippen LogP contribution >= 0.6 is 0 Å². The van der Waals surface area contributed by atoms with Crippen molar-refractivity contribution >= 4 is 11.6 Å². The first kappa shape index (κ1) is 14.3. The highest BCUT2D eigenvalue weighted by Gasteiger charge is 2.14. The van der Waals surface area contributed by atoms with Gasteiger partial charge in [0, 0.05) is 24.2 Å². The molecule has 104 valence electrons. The highest BCUT2D eigenvalue weighted by Crippen LogP contribution is 2.19. The van der Waals surface area contributed by atoms with E-state index in [4.69, 9.17) is 0 Å². The normalized spacial score (nSPS) is 10.3. The highest BCUT2D eigenvalue weighted by atomic mass is 16.1. The van der Waals surface area contributed by atoms with Crippen LogP contribution in [-0.4, -0.2) is 5.91 Å². The maximum atomic E-state index is 12.2. The second-order valence-electron chi connectivity index (χ2n) is 4.99. The van der Waals surface area contributed by atoms with Crippen molar-refractivity contribution in [3.05, 3.63) is 59.4 Å². The summed E-state index contributed by atoms with van der Waals surface area (Å²) >= 11 is 0. The van der Waals surface area contributed by atoms with E-state index >= 15 is 0 Å². The summed E-state index contributed by atoms with van der Waals surface area (Å²) in [6, 6.07) is 12.0. The number of nitrogens with zero attached hydrogens (tertiary/aromatic N) is 1. The van der Waals surface area contributed by atoms with E-state index in [1.807, 2.05) is 61.0 Å². The van der Waals surface area contributed by atoms with E-state index in [1.54, 1.807) is 0 Å². The Morgan fingerprint density at radius 1 is 1.10 bits per heavy atom. The molecule has 0 fully saturated rings. The summed E-state index contributed by atoms with van der Waals surface area (Å²) in [7, 11) is 0. The quantitative estimate of drug-likeness (QED) is 0.851. The molecule has 1 amide bonds. The number of pyridine rings is 1. The van der Waals surface area contributed by atoms with Crippen LogP contribution in [0.25, 0.3) is 0 Å². The van der Waals surface area contributed by atoms with Gasteiger partial charge in [0.1, 0.15) is 0 Å². The summed E-state index contributed by atoms with van der Waals surface area (Å²) in [6.45, 7) is 6.46. The number of carbonyl (C=O) groups is 1. The largest absolute Gasteiger partial charge is 0.320 e. The average molecular weight is 269 g/mol. The number of amides is 1. The summed E-state index contributed by atoms with van der Waals surface area (Å²) in [5.41, 5.74) is 4.26. The van der Waals surface area contributed by atoms with Crippen molar-refractivity contribution in [1.82, 2.24) is 0 Å². The Morgan fingerprint density at radius 3 is 2.45 bits per heavy atom. The minimum Gasteiger partial charge on any atom is -0.320 e. The van der Waals surface area contributed by atoms with Gasteiger partial charge in [-0.05, 0) is 25.0 Å². The molecule has 0 saturated carbocycles. The zero-order chi connectivity index (χ0) is 14.5. The van der Waals surface area contributed by atoms with Crippen LogP contribution in [-0.2, 0) is 17.8 Å². The molecule has 0 bridgehead atoms. The predicted molar refractivity (Wildman–Crippen MR) is 80.6 cm³/mol. The van der Waals surface area contributed by atoms with Gasteiger partial charge in [0.2, 0.25) is 6.54 Å². The Labute approximate surface area is 120 Å². The summed E-state index contributed by atoms with van der Waals surface area (Å²) in [4.78, 5) is 12.2. The summed E-state index contributed by atoms with van der Waals surface area (Å²) < 4.78 is 1.99. The van der Waals surface area contributed by atoms with Crippen molar-refractivity contribution in [3.8, 4) is 0 Å². The van der Waals surface area contributed by atoms with E-state index < -0.39 is 0 Å². The second kappa shape index (κ2) is 6.33. The molecular weight excluding hydrogens is 248 g/mol. The van der Waals surface area contributed by atoms with Gasteiger partial charge in [-0.2, -0.15) is 4.57 Å². The van der Waals surface area contributed by atoms with Gasteiger partial charge < -0.3 is 5.32 Å². The van der Waals surface area contributed by atoms with Crippen molar-refractivity contribution in [1.29, 1.82) is 0 Å². The third-order valence-electron chi connectivity index (χ3n) is 3.46. The van der Waals surface area contributed by atoms with E-state index in [0.29, 0.717) is 6.54 Å². The van der Waals surface area contributed by atoms with Crippen LogP contribution in [0.2, 0.25) is 0 Å². The molecule has 0 aliphatic carbocycles. The van der Waals surface area contributed by atoms with Crippen LogP contribution < -0.4 is 9.88 Å². The number of nitrogens with one attached hydrogen (secondary N) is 1. The molecule has 3 heteroatoms.